The fourth-order valence-corrected chi connectivity index (χ4v) is 4.57. The lowest BCUT2D eigenvalue weighted by Gasteiger charge is -2.09. The highest BCUT2D eigenvalue weighted by atomic mass is 32.1. The van der Waals surface area contributed by atoms with E-state index in [1.54, 1.807) is 18.4 Å². The van der Waals surface area contributed by atoms with Crippen LogP contribution in [0.2, 0.25) is 0 Å². The molecule has 0 fully saturated rings. The zero-order valence-electron chi connectivity index (χ0n) is 16.1. The summed E-state index contributed by atoms with van der Waals surface area (Å²) in [5, 5.41) is 4.72. The van der Waals surface area contributed by atoms with E-state index in [-0.39, 0.29) is 18.8 Å². The molecular formula is C20H22N2O4S2. The fraction of sp³-hybridized carbons (Fsp3) is 0.350. The highest BCUT2D eigenvalue weighted by Crippen LogP contribution is 2.28. The third-order valence-electron chi connectivity index (χ3n) is 4.37. The van der Waals surface area contributed by atoms with E-state index in [2.05, 4.69) is 4.98 Å². The number of hydrogen-bond donors (Lipinski definition) is 0. The first kappa shape index (κ1) is 20.4. The minimum atomic E-state index is -0.454. The van der Waals surface area contributed by atoms with Crippen LogP contribution in [-0.4, -0.2) is 41.6 Å². The van der Waals surface area contributed by atoms with E-state index in [0.29, 0.717) is 24.4 Å². The molecule has 0 saturated carbocycles. The van der Waals surface area contributed by atoms with Gasteiger partial charge in [0, 0.05) is 36.0 Å². The molecule has 0 saturated heterocycles. The highest BCUT2D eigenvalue weighted by Gasteiger charge is 2.18. The van der Waals surface area contributed by atoms with E-state index in [4.69, 9.17) is 9.47 Å². The van der Waals surface area contributed by atoms with Crippen LogP contribution in [0, 0.1) is 13.8 Å². The average molecular weight is 419 g/mol. The molecule has 0 radical (unpaired) electrons. The van der Waals surface area contributed by atoms with Crippen LogP contribution in [0.15, 0.2) is 29.0 Å². The van der Waals surface area contributed by atoms with Crippen molar-refractivity contribution in [2.24, 2.45) is 0 Å². The third-order valence-corrected chi connectivity index (χ3v) is 6.30. The van der Waals surface area contributed by atoms with Crippen LogP contribution < -0.4 is 0 Å². The zero-order chi connectivity index (χ0) is 20.1. The van der Waals surface area contributed by atoms with E-state index in [1.807, 2.05) is 47.4 Å². The number of carbonyl (C=O) groups is 2. The highest BCUT2D eigenvalue weighted by molar-refractivity contribution is 7.20. The van der Waals surface area contributed by atoms with Gasteiger partial charge in [-0.2, -0.15) is 0 Å². The maximum Gasteiger partial charge on any atom is 0.312 e. The Morgan fingerprint density at radius 2 is 2.07 bits per heavy atom. The predicted molar refractivity (Wildman–Crippen MR) is 110 cm³/mol. The third kappa shape index (κ3) is 4.76. The molecule has 0 bridgehead atoms. The molecule has 0 aliphatic carbocycles. The second-order valence-corrected chi connectivity index (χ2v) is 8.12. The van der Waals surface area contributed by atoms with Gasteiger partial charge in [-0.25, -0.2) is 4.98 Å². The lowest BCUT2D eigenvalue weighted by Crippen LogP contribution is -2.16. The molecule has 28 heavy (non-hydrogen) atoms. The molecule has 3 heterocycles. The number of aromatic nitrogens is 2. The van der Waals surface area contributed by atoms with Gasteiger partial charge in [-0.3, -0.25) is 9.59 Å². The van der Waals surface area contributed by atoms with Gasteiger partial charge in [-0.1, -0.05) is 6.07 Å². The number of rotatable bonds is 9. The van der Waals surface area contributed by atoms with Crippen LogP contribution in [0.3, 0.4) is 0 Å². The molecule has 3 aromatic heterocycles. The maximum atomic E-state index is 12.5. The minimum Gasteiger partial charge on any atom is -0.457 e. The molecule has 148 valence electrons. The van der Waals surface area contributed by atoms with Gasteiger partial charge in [0.25, 0.3) is 0 Å². The van der Waals surface area contributed by atoms with Crippen molar-refractivity contribution in [3.8, 4) is 9.88 Å². The topological polar surface area (TPSA) is 70.4 Å². The number of hydrogen-bond acceptors (Lipinski definition) is 7. The Balaban J connectivity index is 1.55. The van der Waals surface area contributed by atoms with Crippen molar-refractivity contribution in [2.45, 2.75) is 26.8 Å². The number of ketones is 1. The van der Waals surface area contributed by atoms with Crippen LogP contribution in [0.4, 0.5) is 0 Å². The Morgan fingerprint density at radius 3 is 2.79 bits per heavy atom. The first-order valence-electron chi connectivity index (χ1n) is 8.82. The summed E-state index contributed by atoms with van der Waals surface area (Å²) in [6, 6.07) is 5.79. The van der Waals surface area contributed by atoms with Gasteiger partial charge in [-0.15, -0.1) is 22.7 Å². The van der Waals surface area contributed by atoms with Crippen LogP contribution in [0.1, 0.15) is 27.4 Å². The van der Waals surface area contributed by atoms with Crippen LogP contribution in [-0.2, 0) is 27.2 Å². The first-order valence-corrected chi connectivity index (χ1v) is 10.6. The van der Waals surface area contributed by atoms with Crippen molar-refractivity contribution >= 4 is 34.4 Å². The first-order chi connectivity index (χ1) is 13.5. The Hall–Kier alpha value is -2.29. The summed E-state index contributed by atoms with van der Waals surface area (Å²) >= 11 is 3.10. The number of aryl methyl sites for hydroxylation is 1. The Morgan fingerprint density at radius 1 is 1.25 bits per heavy atom. The van der Waals surface area contributed by atoms with E-state index < -0.39 is 5.97 Å². The number of Topliss-reactive ketones (excluding diaryl/α,β-unsaturated/α-hetero) is 1. The van der Waals surface area contributed by atoms with Crippen molar-refractivity contribution in [3.63, 3.8) is 0 Å². The van der Waals surface area contributed by atoms with E-state index in [0.717, 1.165) is 21.3 Å². The van der Waals surface area contributed by atoms with Gasteiger partial charge in [0.05, 0.1) is 23.6 Å². The van der Waals surface area contributed by atoms with Crippen LogP contribution in [0.5, 0.6) is 0 Å². The minimum absolute atomic E-state index is 0.0576. The Labute approximate surface area is 171 Å². The van der Waals surface area contributed by atoms with Gasteiger partial charge in [-0.05, 0) is 31.4 Å². The van der Waals surface area contributed by atoms with Gasteiger partial charge in [0.1, 0.15) is 5.01 Å². The van der Waals surface area contributed by atoms with Crippen LogP contribution >= 0.6 is 22.7 Å². The number of carbonyl (C=O) groups excluding carboxylic acids is 2. The molecule has 8 heteroatoms. The molecule has 6 nitrogen and oxygen atoms in total. The summed E-state index contributed by atoms with van der Waals surface area (Å²) in [6.07, 6.45) is 0.0576. The number of nitrogens with zero attached hydrogens (tertiary/aromatic N) is 2. The molecule has 0 spiro atoms. The van der Waals surface area contributed by atoms with Gasteiger partial charge >= 0.3 is 5.97 Å². The molecule has 3 rings (SSSR count). The number of thiazole rings is 1. The second kappa shape index (κ2) is 9.27. The SMILES string of the molecule is COCCn1c(C)cc(C(=O)COC(=O)Cc2csc(-c3cccs3)n2)c1C. The Bertz CT molecular complexity index is 957. The fourth-order valence-electron chi connectivity index (χ4n) is 2.93. The molecule has 0 N–H and O–H groups in total. The smallest absolute Gasteiger partial charge is 0.312 e. The molecule has 0 aliphatic heterocycles. The van der Waals surface area contributed by atoms with Crippen molar-refractivity contribution in [2.75, 3.05) is 20.3 Å². The quantitative estimate of drug-likeness (QED) is 0.389. The van der Waals surface area contributed by atoms with E-state index in [1.165, 1.54) is 11.3 Å². The molecule has 0 unspecified atom stereocenters. The standard InChI is InChI=1S/C20H22N2O4S2/c1-13-9-16(14(2)22(13)6-7-25-3)17(23)11-26-19(24)10-15-12-28-20(21-15)18-5-4-8-27-18/h4-5,8-9,12H,6-7,10-11H2,1-3H3. The van der Waals surface area contributed by atoms with Gasteiger partial charge in [0.2, 0.25) is 5.78 Å². The summed E-state index contributed by atoms with van der Waals surface area (Å²) in [6.45, 7) is 4.81. The van der Waals surface area contributed by atoms with Crippen molar-refractivity contribution in [3.05, 3.63) is 51.6 Å². The molecule has 0 aromatic carbocycles. The normalized spacial score (nSPS) is 11.0. The monoisotopic (exact) mass is 418 g/mol. The largest absolute Gasteiger partial charge is 0.457 e. The van der Waals surface area contributed by atoms with Crippen molar-refractivity contribution < 1.29 is 19.1 Å². The number of ether oxygens (including phenoxy) is 2. The summed E-state index contributed by atoms with van der Waals surface area (Å²) in [4.78, 5) is 30.1. The van der Waals surface area contributed by atoms with Crippen molar-refractivity contribution in [1.29, 1.82) is 0 Å². The molecular weight excluding hydrogens is 396 g/mol. The van der Waals surface area contributed by atoms with Crippen LogP contribution in [0.25, 0.3) is 9.88 Å². The molecule has 0 atom stereocenters. The number of thiophene rings is 1. The summed E-state index contributed by atoms with van der Waals surface area (Å²) in [5.74, 6) is -0.660. The van der Waals surface area contributed by atoms with E-state index in [9.17, 15) is 9.59 Å². The lowest BCUT2D eigenvalue weighted by molar-refractivity contribution is -0.141. The summed E-state index contributed by atoms with van der Waals surface area (Å²) in [7, 11) is 1.64. The zero-order valence-corrected chi connectivity index (χ0v) is 17.7. The Kier molecular flexibility index (Phi) is 6.77. The van der Waals surface area contributed by atoms with E-state index >= 15 is 0 Å². The second-order valence-electron chi connectivity index (χ2n) is 6.31. The number of methoxy groups -OCH3 is 1. The van der Waals surface area contributed by atoms with Gasteiger partial charge in [0.15, 0.2) is 6.61 Å². The summed E-state index contributed by atoms with van der Waals surface area (Å²) in [5.41, 5.74) is 3.07. The van der Waals surface area contributed by atoms with Crippen molar-refractivity contribution in [1.82, 2.24) is 9.55 Å². The predicted octanol–water partition coefficient (Wildman–Crippen LogP) is 3.90. The molecule has 0 aliphatic rings. The summed E-state index contributed by atoms with van der Waals surface area (Å²) < 4.78 is 12.3. The molecule has 3 aromatic rings. The maximum absolute atomic E-state index is 12.5. The molecule has 0 amide bonds. The van der Waals surface area contributed by atoms with Gasteiger partial charge < -0.3 is 14.0 Å². The number of esters is 1. The average Bonchev–Trinajstić information content (AvgIpc) is 3.40. The lowest BCUT2D eigenvalue weighted by atomic mass is 10.1.